The molecule has 0 unspecified atom stereocenters. The van der Waals surface area contributed by atoms with E-state index in [0.717, 1.165) is 22.2 Å². The summed E-state index contributed by atoms with van der Waals surface area (Å²) in [5, 5.41) is 3.81. The molecule has 4 aromatic rings. The van der Waals surface area contributed by atoms with Crippen LogP contribution < -0.4 is 15.8 Å². The van der Waals surface area contributed by atoms with Crippen LogP contribution in [-0.4, -0.2) is 40.8 Å². The van der Waals surface area contributed by atoms with Crippen molar-refractivity contribution in [1.29, 1.82) is 0 Å². The molecule has 0 spiro atoms. The van der Waals surface area contributed by atoms with E-state index < -0.39 is 0 Å². The van der Waals surface area contributed by atoms with Gasteiger partial charge in [-0.15, -0.1) is 0 Å². The van der Waals surface area contributed by atoms with Crippen LogP contribution in [0.3, 0.4) is 0 Å². The first-order valence-electron chi connectivity index (χ1n) is 9.83. The minimum atomic E-state index is -0.156. The molecular formula is C23H23N5O3. The highest BCUT2D eigenvalue weighted by molar-refractivity contribution is 6.06. The maximum absolute atomic E-state index is 12.9. The third-order valence-electron chi connectivity index (χ3n) is 4.79. The Balaban J connectivity index is 1.51. The first kappa shape index (κ1) is 20.4. The molecule has 158 valence electrons. The molecule has 0 bridgehead atoms. The van der Waals surface area contributed by atoms with E-state index in [2.05, 4.69) is 15.3 Å². The number of carbonyl (C=O) groups is 1. The molecule has 4 rings (SSSR count). The van der Waals surface area contributed by atoms with Crippen molar-refractivity contribution in [2.24, 2.45) is 0 Å². The van der Waals surface area contributed by atoms with Gasteiger partial charge in [-0.25, -0.2) is 4.98 Å². The van der Waals surface area contributed by atoms with Crippen molar-refractivity contribution in [2.75, 3.05) is 26.1 Å². The molecule has 2 aromatic carbocycles. The number of benzene rings is 2. The third-order valence-corrected chi connectivity index (χ3v) is 4.79. The van der Waals surface area contributed by atoms with Gasteiger partial charge in [-0.1, -0.05) is 18.2 Å². The Kier molecular flexibility index (Phi) is 6.09. The molecule has 2 aromatic heterocycles. The summed E-state index contributed by atoms with van der Waals surface area (Å²) in [4.78, 5) is 21.1. The van der Waals surface area contributed by atoms with Gasteiger partial charge in [0.15, 0.2) is 0 Å². The van der Waals surface area contributed by atoms with Gasteiger partial charge in [0.2, 0.25) is 5.95 Å². The lowest BCUT2D eigenvalue weighted by atomic mass is 10.1. The Hall–Kier alpha value is -3.91. The van der Waals surface area contributed by atoms with E-state index >= 15 is 0 Å². The number of hydrogen-bond donors (Lipinski definition) is 2. The first-order valence-corrected chi connectivity index (χ1v) is 9.83. The second-order valence-electron chi connectivity index (χ2n) is 6.87. The summed E-state index contributed by atoms with van der Waals surface area (Å²) >= 11 is 0. The van der Waals surface area contributed by atoms with Crippen molar-refractivity contribution < 1.29 is 14.3 Å². The van der Waals surface area contributed by atoms with Crippen molar-refractivity contribution in [3.8, 4) is 11.6 Å². The molecule has 0 aliphatic heterocycles. The number of fused-ring (bicyclic) bond motifs is 1. The molecule has 8 heteroatoms. The average Bonchev–Trinajstić information content (AvgIpc) is 3.22. The summed E-state index contributed by atoms with van der Waals surface area (Å²) in [5.74, 6) is 1.43. The number of carbonyl (C=O) groups excluding carboxylic acids is 1. The van der Waals surface area contributed by atoms with Crippen LogP contribution in [0.1, 0.15) is 15.9 Å². The van der Waals surface area contributed by atoms with E-state index in [-0.39, 0.29) is 11.9 Å². The van der Waals surface area contributed by atoms with Gasteiger partial charge in [-0.2, -0.15) is 4.98 Å². The number of aromatic nitrogens is 3. The Morgan fingerprint density at radius 2 is 2.00 bits per heavy atom. The number of methoxy groups -OCH3 is 1. The fraction of sp³-hybridized carbons (Fsp3) is 0.174. The predicted molar refractivity (Wildman–Crippen MR) is 118 cm³/mol. The maximum Gasteiger partial charge on any atom is 0.252 e. The third kappa shape index (κ3) is 4.65. The van der Waals surface area contributed by atoms with Crippen molar-refractivity contribution in [2.45, 2.75) is 6.54 Å². The Labute approximate surface area is 179 Å². The van der Waals surface area contributed by atoms with Crippen molar-refractivity contribution in [3.63, 3.8) is 0 Å². The summed E-state index contributed by atoms with van der Waals surface area (Å²) < 4.78 is 12.5. The summed E-state index contributed by atoms with van der Waals surface area (Å²) in [6.07, 6.45) is 3.47. The van der Waals surface area contributed by atoms with Crippen LogP contribution in [0, 0.1) is 0 Å². The summed E-state index contributed by atoms with van der Waals surface area (Å²) in [6.45, 7) is 1.38. The molecule has 0 fully saturated rings. The molecule has 31 heavy (non-hydrogen) atoms. The van der Waals surface area contributed by atoms with Gasteiger partial charge >= 0.3 is 0 Å². The van der Waals surface area contributed by atoms with Gasteiger partial charge < -0.3 is 25.1 Å². The lowest BCUT2D eigenvalue weighted by molar-refractivity contribution is 0.0952. The standard InChI is InChI=1S/C23H23N5O3/c1-30-12-13-31-17-5-2-4-16(14-17)15-26-22(29)19-6-3-7-20-18(19)9-11-28(20)21-8-10-25-23(24)27-21/h2-11,14H,12-13,15H2,1H3,(H,26,29)(H2,24,25,27). The van der Waals surface area contributed by atoms with Gasteiger partial charge in [-0.05, 0) is 42.0 Å². The monoisotopic (exact) mass is 417 g/mol. The Morgan fingerprint density at radius 3 is 2.84 bits per heavy atom. The molecule has 0 radical (unpaired) electrons. The minimum absolute atomic E-state index is 0.156. The molecule has 8 nitrogen and oxygen atoms in total. The predicted octanol–water partition coefficient (Wildman–Crippen LogP) is 2.96. The lowest BCUT2D eigenvalue weighted by Gasteiger charge is -2.10. The smallest absolute Gasteiger partial charge is 0.252 e. The van der Waals surface area contributed by atoms with Gasteiger partial charge in [0.1, 0.15) is 18.2 Å². The second-order valence-corrected chi connectivity index (χ2v) is 6.87. The van der Waals surface area contributed by atoms with Crippen molar-refractivity contribution >= 4 is 22.8 Å². The van der Waals surface area contributed by atoms with E-state index in [9.17, 15) is 4.79 Å². The summed E-state index contributed by atoms with van der Waals surface area (Å²) in [7, 11) is 1.63. The van der Waals surface area contributed by atoms with Crippen molar-refractivity contribution in [3.05, 3.63) is 78.1 Å². The molecule has 2 heterocycles. The quantitative estimate of drug-likeness (QED) is 0.427. The number of nitrogens with two attached hydrogens (primary N) is 1. The van der Waals surface area contributed by atoms with E-state index in [4.69, 9.17) is 15.2 Å². The SMILES string of the molecule is COCCOc1cccc(CNC(=O)c2cccc3c2ccn3-c2ccnc(N)n2)c1. The highest BCUT2D eigenvalue weighted by atomic mass is 16.5. The number of nitrogens with zero attached hydrogens (tertiary/aromatic N) is 3. The fourth-order valence-electron chi connectivity index (χ4n) is 3.33. The zero-order valence-electron chi connectivity index (χ0n) is 17.1. The molecule has 1 amide bonds. The van der Waals surface area contributed by atoms with E-state index in [1.165, 1.54) is 0 Å². The molecule has 0 saturated carbocycles. The Morgan fingerprint density at radius 1 is 1.13 bits per heavy atom. The van der Waals surface area contributed by atoms with Gasteiger partial charge in [0.05, 0.1) is 12.1 Å². The van der Waals surface area contributed by atoms with Gasteiger partial charge in [0.25, 0.3) is 5.91 Å². The normalized spacial score (nSPS) is 10.9. The van der Waals surface area contributed by atoms with Crippen LogP contribution >= 0.6 is 0 Å². The van der Waals surface area contributed by atoms with Gasteiger partial charge in [0, 0.05) is 37.0 Å². The topological polar surface area (TPSA) is 104 Å². The van der Waals surface area contributed by atoms with Crippen LogP contribution in [-0.2, 0) is 11.3 Å². The van der Waals surface area contributed by atoms with Crippen molar-refractivity contribution in [1.82, 2.24) is 19.9 Å². The largest absolute Gasteiger partial charge is 0.491 e. The minimum Gasteiger partial charge on any atom is -0.491 e. The molecule has 0 aliphatic rings. The molecular weight excluding hydrogens is 394 g/mol. The summed E-state index contributed by atoms with van der Waals surface area (Å²) in [6, 6.07) is 16.9. The highest BCUT2D eigenvalue weighted by Gasteiger charge is 2.13. The fourth-order valence-corrected chi connectivity index (χ4v) is 3.33. The molecule has 3 N–H and O–H groups in total. The number of nitrogen functional groups attached to an aromatic ring is 1. The molecule has 0 atom stereocenters. The lowest BCUT2D eigenvalue weighted by Crippen LogP contribution is -2.23. The number of amides is 1. The van der Waals surface area contributed by atoms with Crippen LogP contribution in [0.15, 0.2) is 67.0 Å². The van der Waals surface area contributed by atoms with Crippen LogP contribution in [0.25, 0.3) is 16.7 Å². The zero-order valence-corrected chi connectivity index (χ0v) is 17.1. The molecule has 0 saturated heterocycles. The maximum atomic E-state index is 12.9. The van der Waals surface area contributed by atoms with E-state index in [1.54, 1.807) is 25.4 Å². The Bertz CT molecular complexity index is 1200. The van der Waals surface area contributed by atoms with Gasteiger partial charge in [-0.3, -0.25) is 4.79 Å². The van der Waals surface area contributed by atoms with Crippen LogP contribution in [0.5, 0.6) is 5.75 Å². The number of anilines is 1. The number of rotatable bonds is 8. The molecule has 0 aliphatic carbocycles. The number of nitrogens with one attached hydrogen (secondary N) is 1. The highest BCUT2D eigenvalue weighted by Crippen LogP contribution is 2.23. The van der Waals surface area contributed by atoms with E-state index in [0.29, 0.717) is 31.1 Å². The first-order chi connectivity index (χ1) is 15.2. The van der Waals surface area contributed by atoms with E-state index in [1.807, 2.05) is 53.2 Å². The number of hydrogen-bond acceptors (Lipinski definition) is 6. The zero-order chi connectivity index (χ0) is 21.6. The average molecular weight is 417 g/mol. The van der Waals surface area contributed by atoms with Crippen LogP contribution in [0.2, 0.25) is 0 Å². The second kappa shape index (κ2) is 9.27. The summed E-state index contributed by atoms with van der Waals surface area (Å²) in [5.41, 5.74) is 8.11. The van der Waals surface area contributed by atoms with Crippen LogP contribution in [0.4, 0.5) is 5.95 Å². The number of ether oxygens (including phenoxy) is 2.